The molecule has 0 radical (unpaired) electrons. The number of anilines is 1. The quantitative estimate of drug-likeness (QED) is 0.896. The van der Waals surface area contributed by atoms with E-state index in [0.717, 1.165) is 36.1 Å². The summed E-state index contributed by atoms with van der Waals surface area (Å²) in [5.41, 5.74) is 1.37. The van der Waals surface area contributed by atoms with Crippen molar-refractivity contribution in [1.29, 1.82) is 0 Å². The van der Waals surface area contributed by atoms with Crippen LogP contribution in [0, 0.1) is 0 Å². The molecule has 110 valence electrons. The number of nitrogens with one attached hydrogen (secondary N) is 2. The van der Waals surface area contributed by atoms with Gasteiger partial charge in [0.2, 0.25) is 0 Å². The van der Waals surface area contributed by atoms with E-state index in [0.29, 0.717) is 11.6 Å². The summed E-state index contributed by atoms with van der Waals surface area (Å²) in [4.78, 5) is 12.1. The molecule has 1 fully saturated rings. The lowest BCUT2D eigenvalue weighted by molar-refractivity contribution is 0.102. The van der Waals surface area contributed by atoms with Gasteiger partial charge in [-0.25, -0.2) is 0 Å². The first-order valence-corrected chi connectivity index (χ1v) is 7.83. The number of amides is 1. The van der Waals surface area contributed by atoms with Gasteiger partial charge < -0.3 is 10.6 Å². The van der Waals surface area contributed by atoms with Gasteiger partial charge in [0.1, 0.15) is 0 Å². The van der Waals surface area contributed by atoms with E-state index in [1.165, 1.54) is 0 Å². The summed E-state index contributed by atoms with van der Waals surface area (Å²) < 4.78 is 2.91. The monoisotopic (exact) mass is 348 g/mol. The highest BCUT2D eigenvalue weighted by atomic mass is 79.9. The Morgan fingerprint density at radius 2 is 2.00 bits per heavy atom. The largest absolute Gasteiger partial charge is 0.319 e. The van der Waals surface area contributed by atoms with Gasteiger partial charge in [0.15, 0.2) is 0 Å². The molecule has 1 aromatic heterocycles. The molecule has 6 heteroatoms. The normalized spacial score (nSPS) is 15.9. The minimum Gasteiger partial charge on any atom is -0.319 e. The van der Waals surface area contributed by atoms with Crippen LogP contribution in [0.15, 0.2) is 41.1 Å². The summed E-state index contributed by atoms with van der Waals surface area (Å²) in [6, 6.07) is 7.71. The van der Waals surface area contributed by atoms with Crippen LogP contribution < -0.4 is 10.6 Å². The lowest BCUT2D eigenvalue weighted by atomic mass is 10.1. The first-order chi connectivity index (χ1) is 10.2. The number of hydrogen-bond acceptors (Lipinski definition) is 3. The summed E-state index contributed by atoms with van der Waals surface area (Å²) in [5.74, 6) is -0.118. The molecule has 0 aliphatic carbocycles. The molecule has 1 aromatic carbocycles. The molecule has 2 aromatic rings. The maximum Gasteiger partial charge on any atom is 0.255 e. The van der Waals surface area contributed by atoms with Crippen molar-refractivity contribution in [2.45, 2.75) is 18.9 Å². The van der Waals surface area contributed by atoms with Crippen LogP contribution in [0.3, 0.4) is 0 Å². The maximum atomic E-state index is 12.1. The van der Waals surface area contributed by atoms with E-state index in [2.05, 4.69) is 31.7 Å². The zero-order valence-electron chi connectivity index (χ0n) is 11.6. The molecule has 21 heavy (non-hydrogen) atoms. The highest BCUT2D eigenvalue weighted by molar-refractivity contribution is 9.10. The maximum absolute atomic E-state index is 12.1. The molecule has 0 unspecified atom stereocenters. The van der Waals surface area contributed by atoms with Crippen molar-refractivity contribution >= 4 is 27.5 Å². The van der Waals surface area contributed by atoms with Crippen molar-refractivity contribution < 1.29 is 4.79 Å². The topological polar surface area (TPSA) is 59.0 Å². The van der Waals surface area contributed by atoms with Crippen molar-refractivity contribution in [1.82, 2.24) is 15.1 Å². The average Bonchev–Trinajstić information content (AvgIpc) is 2.97. The summed E-state index contributed by atoms with van der Waals surface area (Å²) in [6.07, 6.45) is 5.76. The number of carbonyl (C=O) groups is 1. The van der Waals surface area contributed by atoms with E-state index in [4.69, 9.17) is 0 Å². The van der Waals surface area contributed by atoms with Crippen molar-refractivity contribution in [3.8, 4) is 0 Å². The number of rotatable bonds is 3. The third kappa shape index (κ3) is 3.51. The fraction of sp³-hybridized carbons (Fsp3) is 0.333. The Kier molecular flexibility index (Phi) is 4.36. The Hall–Kier alpha value is -1.66. The highest BCUT2D eigenvalue weighted by Gasteiger charge is 2.16. The first kappa shape index (κ1) is 14.3. The van der Waals surface area contributed by atoms with E-state index < -0.39 is 0 Å². The number of hydrogen-bond donors (Lipinski definition) is 2. The molecule has 1 aliphatic heterocycles. The molecular formula is C15H17BrN4O. The number of benzene rings is 1. The molecule has 2 heterocycles. The minimum atomic E-state index is -0.118. The number of halogens is 1. The molecule has 0 atom stereocenters. The fourth-order valence-electron chi connectivity index (χ4n) is 2.48. The Morgan fingerprint density at radius 3 is 2.71 bits per heavy atom. The van der Waals surface area contributed by atoms with Crippen LogP contribution in [0.25, 0.3) is 0 Å². The van der Waals surface area contributed by atoms with E-state index in [9.17, 15) is 4.79 Å². The average molecular weight is 349 g/mol. The Morgan fingerprint density at radius 1 is 1.29 bits per heavy atom. The molecule has 1 aliphatic rings. The number of piperidine rings is 1. The number of nitrogens with zero attached hydrogens (tertiary/aromatic N) is 2. The van der Waals surface area contributed by atoms with Crippen molar-refractivity contribution in [2.24, 2.45) is 0 Å². The molecule has 2 N–H and O–H groups in total. The second kappa shape index (κ2) is 6.41. The van der Waals surface area contributed by atoms with Gasteiger partial charge in [0, 0.05) is 16.2 Å². The van der Waals surface area contributed by atoms with Crippen LogP contribution in [-0.2, 0) is 0 Å². The molecule has 5 nitrogen and oxygen atoms in total. The predicted octanol–water partition coefficient (Wildman–Crippen LogP) is 2.82. The van der Waals surface area contributed by atoms with Gasteiger partial charge >= 0.3 is 0 Å². The van der Waals surface area contributed by atoms with Crippen LogP contribution in [0.4, 0.5) is 5.69 Å². The van der Waals surface area contributed by atoms with Gasteiger partial charge in [-0.3, -0.25) is 9.48 Å². The number of carbonyl (C=O) groups excluding carboxylic acids is 1. The fourth-order valence-corrected chi connectivity index (χ4v) is 2.74. The lowest BCUT2D eigenvalue weighted by Crippen LogP contribution is -2.29. The molecule has 0 spiro atoms. The number of aromatic nitrogens is 2. The van der Waals surface area contributed by atoms with Gasteiger partial charge in [-0.05, 0) is 50.2 Å². The van der Waals surface area contributed by atoms with E-state index in [1.807, 2.05) is 23.0 Å². The smallest absolute Gasteiger partial charge is 0.255 e. The van der Waals surface area contributed by atoms with Gasteiger partial charge in [-0.2, -0.15) is 5.10 Å². The van der Waals surface area contributed by atoms with E-state index in [-0.39, 0.29) is 5.91 Å². The van der Waals surface area contributed by atoms with E-state index in [1.54, 1.807) is 18.3 Å². The summed E-state index contributed by atoms with van der Waals surface area (Å²) in [6.45, 7) is 2.04. The highest BCUT2D eigenvalue weighted by Crippen LogP contribution is 2.20. The van der Waals surface area contributed by atoms with Crippen LogP contribution >= 0.6 is 15.9 Å². The Bertz CT molecular complexity index is 617. The van der Waals surface area contributed by atoms with Crippen molar-refractivity contribution in [3.63, 3.8) is 0 Å². The minimum absolute atomic E-state index is 0.118. The third-order valence-electron chi connectivity index (χ3n) is 3.65. The zero-order valence-corrected chi connectivity index (χ0v) is 13.1. The molecule has 3 rings (SSSR count). The van der Waals surface area contributed by atoms with Crippen molar-refractivity contribution in [2.75, 3.05) is 18.4 Å². The second-order valence-corrected chi connectivity index (χ2v) is 6.07. The van der Waals surface area contributed by atoms with Gasteiger partial charge in [0.25, 0.3) is 5.91 Å². The SMILES string of the molecule is O=C(Nc1cnn(C2CCNCC2)c1)c1ccc(Br)cc1. The van der Waals surface area contributed by atoms with Crippen molar-refractivity contribution in [3.05, 3.63) is 46.7 Å². The third-order valence-corrected chi connectivity index (χ3v) is 4.18. The van der Waals surface area contributed by atoms with Gasteiger partial charge in [0.05, 0.1) is 17.9 Å². The van der Waals surface area contributed by atoms with Gasteiger partial charge in [-0.1, -0.05) is 15.9 Å². The standard InChI is InChI=1S/C15H17BrN4O/c16-12-3-1-11(2-4-12)15(21)19-13-9-18-20(10-13)14-5-7-17-8-6-14/h1-4,9-10,14,17H,5-8H2,(H,19,21). The van der Waals surface area contributed by atoms with Crippen LogP contribution in [0.1, 0.15) is 29.2 Å². The summed E-state index contributed by atoms with van der Waals surface area (Å²) >= 11 is 3.36. The predicted molar refractivity (Wildman–Crippen MR) is 85.5 cm³/mol. The van der Waals surface area contributed by atoms with Gasteiger partial charge in [-0.15, -0.1) is 0 Å². The zero-order chi connectivity index (χ0) is 14.7. The molecular weight excluding hydrogens is 332 g/mol. The molecule has 0 saturated carbocycles. The summed E-state index contributed by atoms with van der Waals surface area (Å²) in [7, 11) is 0. The Labute approximate surface area is 131 Å². The Balaban J connectivity index is 1.66. The molecule has 1 amide bonds. The van der Waals surface area contributed by atoms with Crippen LogP contribution in [-0.4, -0.2) is 28.8 Å². The summed E-state index contributed by atoms with van der Waals surface area (Å²) in [5, 5.41) is 10.6. The lowest BCUT2D eigenvalue weighted by Gasteiger charge is -2.22. The van der Waals surface area contributed by atoms with E-state index >= 15 is 0 Å². The van der Waals surface area contributed by atoms with Crippen LogP contribution in [0.2, 0.25) is 0 Å². The first-order valence-electron chi connectivity index (χ1n) is 7.04. The molecule has 0 bridgehead atoms. The second-order valence-electron chi connectivity index (χ2n) is 5.15. The molecule has 1 saturated heterocycles. The van der Waals surface area contributed by atoms with Crippen LogP contribution in [0.5, 0.6) is 0 Å².